The van der Waals surface area contributed by atoms with Crippen molar-refractivity contribution in [3.8, 4) is 6.07 Å². The lowest BCUT2D eigenvalue weighted by Gasteiger charge is -2.10. The third kappa shape index (κ3) is 2.12. The summed E-state index contributed by atoms with van der Waals surface area (Å²) in [6.07, 6.45) is 2.45. The number of nitriles is 1. The number of nitrogens with two attached hydrogens (primary N) is 2. The Balaban J connectivity index is 3.01. The molecule has 0 saturated carbocycles. The first-order chi connectivity index (χ1) is 6.69. The van der Waals surface area contributed by atoms with Crippen molar-refractivity contribution >= 4 is 5.69 Å². The lowest BCUT2D eigenvalue weighted by Crippen LogP contribution is -2.09. The van der Waals surface area contributed by atoms with E-state index in [0.717, 1.165) is 5.56 Å². The van der Waals surface area contributed by atoms with E-state index < -0.39 is 0 Å². The molecule has 4 N–H and O–H groups in total. The molecule has 14 heavy (non-hydrogen) atoms. The van der Waals surface area contributed by atoms with Crippen LogP contribution in [0.2, 0.25) is 0 Å². The number of rotatable bonds is 3. The van der Waals surface area contributed by atoms with Gasteiger partial charge in [-0.15, -0.1) is 6.58 Å². The SMILES string of the molecule is C=CC[C@@H](N)c1ccc(N)c(C#N)c1. The van der Waals surface area contributed by atoms with Crippen molar-refractivity contribution in [3.05, 3.63) is 42.0 Å². The van der Waals surface area contributed by atoms with Crippen LogP contribution in [-0.4, -0.2) is 0 Å². The van der Waals surface area contributed by atoms with Crippen LogP contribution < -0.4 is 11.5 Å². The number of nitrogens with zero attached hydrogens (tertiary/aromatic N) is 1. The summed E-state index contributed by atoms with van der Waals surface area (Å²) in [5.74, 6) is 0. The highest BCUT2D eigenvalue weighted by molar-refractivity contribution is 5.55. The predicted octanol–water partition coefficient (Wildman–Crippen LogP) is 1.72. The predicted molar refractivity (Wildman–Crippen MR) is 57.3 cm³/mol. The van der Waals surface area contributed by atoms with Gasteiger partial charge in [0.1, 0.15) is 6.07 Å². The zero-order valence-electron chi connectivity index (χ0n) is 7.90. The topological polar surface area (TPSA) is 75.8 Å². The molecule has 3 heteroatoms. The number of nitrogen functional groups attached to an aromatic ring is 1. The molecule has 0 amide bonds. The Kier molecular flexibility index (Phi) is 3.27. The van der Waals surface area contributed by atoms with Crippen LogP contribution in [0.3, 0.4) is 0 Å². The Hall–Kier alpha value is -1.79. The van der Waals surface area contributed by atoms with Gasteiger partial charge in [-0.05, 0) is 24.1 Å². The maximum Gasteiger partial charge on any atom is 0.101 e. The molecule has 0 heterocycles. The summed E-state index contributed by atoms with van der Waals surface area (Å²) in [4.78, 5) is 0. The van der Waals surface area contributed by atoms with Crippen LogP contribution in [0.4, 0.5) is 5.69 Å². The van der Waals surface area contributed by atoms with Crippen molar-refractivity contribution in [2.75, 3.05) is 5.73 Å². The van der Waals surface area contributed by atoms with Gasteiger partial charge in [0.15, 0.2) is 0 Å². The van der Waals surface area contributed by atoms with Crippen LogP contribution in [-0.2, 0) is 0 Å². The lowest BCUT2D eigenvalue weighted by atomic mass is 10.0. The molecular weight excluding hydrogens is 174 g/mol. The second-order valence-corrected chi connectivity index (χ2v) is 3.09. The highest BCUT2D eigenvalue weighted by atomic mass is 14.6. The molecule has 1 rings (SSSR count). The number of hydrogen-bond acceptors (Lipinski definition) is 3. The van der Waals surface area contributed by atoms with Crippen molar-refractivity contribution in [1.29, 1.82) is 5.26 Å². The molecule has 0 radical (unpaired) electrons. The molecule has 0 aromatic heterocycles. The van der Waals surface area contributed by atoms with Gasteiger partial charge in [-0.25, -0.2) is 0 Å². The average molecular weight is 187 g/mol. The standard InChI is InChI=1S/C11H13N3/c1-2-3-10(13)8-4-5-11(14)9(6-8)7-12/h2,4-6,10H,1,3,13-14H2/t10-/m1/s1. The Morgan fingerprint density at radius 3 is 2.86 bits per heavy atom. The average Bonchev–Trinajstić information content (AvgIpc) is 2.19. The van der Waals surface area contributed by atoms with Crippen LogP contribution in [0.5, 0.6) is 0 Å². The van der Waals surface area contributed by atoms with Gasteiger partial charge in [-0.1, -0.05) is 12.1 Å². The molecule has 0 bridgehead atoms. The van der Waals surface area contributed by atoms with E-state index in [9.17, 15) is 0 Å². The fraction of sp³-hybridized carbons (Fsp3) is 0.182. The second kappa shape index (κ2) is 4.45. The molecular formula is C11H13N3. The largest absolute Gasteiger partial charge is 0.398 e. The van der Waals surface area contributed by atoms with E-state index in [-0.39, 0.29) is 6.04 Å². The van der Waals surface area contributed by atoms with Crippen LogP contribution in [0.1, 0.15) is 23.6 Å². The second-order valence-electron chi connectivity index (χ2n) is 3.09. The summed E-state index contributed by atoms with van der Waals surface area (Å²) >= 11 is 0. The van der Waals surface area contributed by atoms with Crippen molar-refractivity contribution < 1.29 is 0 Å². The molecule has 1 aromatic carbocycles. The van der Waals surface area contributed by atoms with Crippen molar-refractivity contribution in [2.45, 2.75) is 12.5 Å². The number of anilines is 1. The van der Waals surface area contributed by atoms with Gasteiger partial charge in [0, 0.05) is 11.7 Å². The summed E-state index contributed by atoms with van der Waals surface area (Å²) in [6.45, 7) is 3.62. The molecule has 3 nitrogen and oxygen atoms in total. The molecule has 0 aliphatic heterocycles. The molecule has 0 unspecified atom stereocenters. The summed E-state index contributed by atoms with van der Waals surface area (Å²) in [7, 11) is 0. The number of hydrogen-bond donors (Lipinski definition) is 2. The van der Waals surface area contributed by atoms with Gasteiger partial charge in [0.05, 0.1) is 5.56 Å². The Labute approximate surface area is 83.6 Å². The molecule has 0 fully saturated rings. The van der Waals surface area contributed by atoms with E-state index in [0.29, 0.717) is 17.7 Å². The molecule has 0 aliphatic carbocycles. The Morgan fingerprint density at radius 1 is 1.57 bits per heavy atom. The van der Waals surface area contributed by atoms with Gasteiger partial charge in [-0.2, -0.15) is 5.26 Å². The first kappa shape index (κ1) is 10.3. The molecule has 0 spiro atoms. The van der Waals surface area contributed by atoms with Crippen LogP contribution >= 0.6 is 0 Å². The number of benzene rings is 1. The van der Waals surface area contributed by atoms with E-state index in [2.05, 4.69) is 6.58 Å². The fourth-order valence-electron chi connectivity index (χ4n) is 1.22. The van der Waals surface area contributed by atoms with Gasteiger partial charge >= 0.3 is 0 Å². The van der Waals surface area contributed by atoms with Crippen LogP contribution in [0, 0.1) is 11.3 Å². The maximum absolute atomic E-state index is 8.76. The van der Waals surface area contributed by atoms with Crippen molar-refractivity contribution in [2.24, 2.45) is 5.73 Å². The molecule has 1 atom stereocenters. The molecule has 1 aromatic rings. The van der Waals surface area contributed by atoms with E-state index in [1.807, 2.05) is 12.1 Å². The van der Waals surface area contributed by atoms with Crippen LogP contribution in [0.15, 0.2) is 30.9 Å². The first-order valence-corrected chi connectivity index (χ1v) is 4.35. The van der Waals surface area contributed by atoms with Gasteiger partial charge in [0.25, 0.3) is 0 Å². The smallest absolute Gasteiger partial charge is 0.101 e. The first-order valence-electron chi connectivity index (χ1n) is 4.35. The highest BCUT2D eigenvalue weighted by Crippen LogP contribution is 2.19. The van der Waals surface area contributed by atoms with Gasteiger partial charge in [-0.3, -0.25) is 0 Å². The van der Waals surface area contributed by atoms with E-state index in [1.54, 1.807) is 18.2 Å². The minimum Gasteiger partial charge on any atom is -0.398 e. The summed E-state index contributed by atoms with van der Waals surface area (Å²) < 4.78 is 0. The normalized spacial score (nSPS) is 11.7. The lowest BCUT2D eigenvalue weighted by molar-refractivity contribution is 0.742. The highest BCUT2D eigenvalue weighted by Gasteiger charge is 2.06. The van der Waals surface area contributed by atoms with Crippen LogP contribution in [0.25, 0.3) is 0 Å². The zero-order valence-corrected chi connectivity index (χ0v) is 7.90. The minimum atomic E-state index is -0.111. The monoisotopic (exact) mass is 187 g/mol. The van der Waals surface area contributed by atoms with Crippen molar-refractivity contribution in [3.63, 3.8) is 0 Å². The van der Waals surface area contributed by atoms with Gasteiger partial charge < -0.3 is 11.5 Å². The molecule has 72 valence electrons. The van der Waals surface area contributed by atoms with Gasteiger partial charge in [0.2, 0.25) is 0 Å². The third-order valence-electron chi connectivity index (χ3n) is 2.05. The molecule has 0 saturated heterocycles. The third-order valence-corrected chi connectivity index (χ3v) is 2.05. The van der Waals surface area contributed by atoms with Crippen molar-refractivity contribution in [1.82, 2.24) is 0 Å². The maximum atomic E-state index is 8.76. The minimum absolute atomic E-state index is 0.111. The summed E-state index contributed by atoms with van der Waals surface area (Å²) in [5.41, 5.74) is 13.3. The van der Waals surface area contributed by atoms with E-state index in [4.69, 9.17) is 16.7 Å². The zero-order chi connectivity index (χ0) is 10.6. The fourth-order valence-corrected chi connectivity index (χ4v) is 1.22. The van der Waals surface area contributed by atoms with E-state index >= 15 is 0 Å². The quantitative estimate of drug-likeness (QED) is 0.558. The Morgan fingerprint density at radius 2 is 2.29 bits per heavy atom. The molecule has 0 aliphatic rings. The summed E-state index contributed by atoms with van der Waals surface area (Å²) in [5, 5.41) is 8.76. The van der Waals surface area contributed by atoms with E-state index in [1.165, 1.54) is 0 Å². The Bertz CT molecular complexity index is 377. The summed E-state index contributed by atoms with van der Waals surface area (Å²) in [6, 6.07) is 7.18.